The fourth-order valence-electron chi connectivity index (χ4n) is 2.65. The summed E-state index contributed by atoms with van der Waals surface area (Å²) in [5.74, 6) is 1.59. The second kappa shape index (κ2) is 4.11. The van der Waals surface area contributed by atoms with Gasteiger partial charge in [0.25, 0.3) is 0 Å². The van der Waals surface area contributed by atoms with Crippen LogP contribution in [-0.4, -0.2) is 0 Å². The number of hydrogen-bond donors (Lipinski definition) is 0. The van der Waals surface area contributed by atoms with Gasteiger partial charge in [-0.25, -0.2) is 0 Å². The zero-order valence-electron chi connectivity index (χ0n) is 8.56. The van der Waals surface area contributed by atoms with Gasteiger partial charge < -0.3 is 0 Å². The first kappa shape index (κ1) is 9.61. The van der Waals surface area contributed by atoms with E-state index in [1.54, 1.807) is 9.75 Å². The van der Waals surface area contributed by atoms with E-state index in [9.17, 15) is 0 Å². The number of hydrogen-bond acceptors (Lipinski definition) is 2. The molecule has 2 atom stereocenters. The molecule has 3 rings (SSSR count). The lowest BCUT2D eigenvalue weighted by Crippen LogP contribution is -2.00. The zero-order valence-corrected chi connectivity index (χ0v) is 10.2. The van der Waals surface area contributed by atoms with Crippen LogP contribution in [0.4, 0.5) is 0 Å². The molecule has 0 aromatic carbocycles. The summed E-state index contributed by atoms with van der Waals surface area (Å²) in [5, 5.41) is 4.41. The van der Waals surface area contributed by atoms with Gasteiger partial charge >= 0.3 is 0 Å². The molecule has 2 heteroatoms. The van der Waals surface area contributed by atoms with E-state index in [4.69, 9.17) is 0 Å². The first-order valence-electron chi connectivity index (χ1n) is 5.52. The molecule has 0 radical (unpaired) electrons. The third-order valence-electron chi connectivity index (χ3n) is 3.33. The van der Waals surface area contributed by atoms with Crippen molar-refractivity contribution in [2.24, 2.45) is 0 Å². The van der Waals surface area contributed by atoms with Gasteiger partial charge in [-0.2, -0.15) is 0 Å². The minimum atomic E-state index is 0.795. The molecule has 2 aromatic heterocycles. The zero-order chi connectivity index (χ0) is 10.1. The fourth-order valence-corrected chi connectivity index (χ4v) is 4.50. The van der Waals surface area contributed by atoms with Gasteiger partial charge in [0, 0.05) is 21.6 Å². The topological polar surface area (TPSA) is 0 Å². The van der Waals surface area contributed by atoms with Crippen molar-refractivity contribution >= 4 is 22.7 Å². The molecule has 2 aromatic rings. The summed E-state index contributed by atoms with van der Waals surface area (Å²) in [7, 11) is 0. The molecule has 0 spiro atoms. The molecule has 1 saturated carbocycles. The second-order valence-electron chi connectivity index (χ2n) is 4.17. The lowest BCUT2D eigenvalue weighted by molar-refractivity contribution is 0.643. The highest BCUT2D eigenvalue weighted by atomic mass is 32.1. The summed E-state index contributed by atoms with van der Waals surface area (Å²) >= 11 is 3.85. The average molecular weight is 234 g/mol. The van der Waals surface area contributed by atoms with Crippen molar-refractivity contribution in [2.75, 3.05) is 0 Å². The molecule has 1 aliphatic carbocycles. The Hall–Kier alpha value is -0.600. The van der Waals surface area contributed by atoms with Gasteiger partial charge in [-0.15, -0.1) is 22.7 Å². The van der Waals surface area contributed by atoms with Gasteiger partial charge in [0.05, 0.1) is 0 Å². The lowest BCUT2D eigenvalue weighted by atomic mass is 9.93. The smallest absolute Gasteiger partial charge is 0.00825 e. The molecule has 0 aliphatic heterocycles. The van der Waals surface area contributed by atoms with Crippen molar-refractivity contribution in [1.82, 2.24) is 0 Å². The van der Waals surface area contributed by atoms with E-state index < -0.39 is 0 Å². The van der Waals surface area contributed by atoms with Gasteiger partial charge in [0.1, 0.15) is 0 Å². The molecule has 2 unspecified atom stereocenters. The van der Waals surface area contributed by atoms with E-state index in [1.807, 2.05) is 22.7 Å². The van der Waals surface area contributed by atoms with Crippen molar-refractivity contribution in [2.45, 2.75) is 31.1 Å². The molecule has 0 nitrogen and oxygen atoms in total. The number of rotatable bonds is 2. The van der Waals surface area contributed by atoms with Crippen LogP contribution in [0, 0.1) is 0 Å². The van der Waals surface area contributed by atoms with Crippen molar-refractivity contribution in [3.63, 3.8) is 0 Å². The van der Waals surface area contributed by atoms with E-state index in [1.165, 1.54) is 19.3 Å². The van der Waals surface area contributed by atoms with Gasteiger partial charge in [0.2, 0.25) is 0 Å². The van der Waals surface area contributed by atoms with E-state index in [-0.39, 0.29) is 0 Å². The quantitative estimate of drug-likeness (QED) is 0.696. The van der Waals surface area contributed by atoms with Gasteiger partial charge in [-0.05, 0) is 35.7 Å². The summed E-state index contributed by atoms with van der Waals surface area (Å²) in [6.07, 6.45) is 4.15. The summed E-state index contributed by atoms with van der Waals surface area (Å²) in [5.41, 5.74) is 0. The molecule has 15 heavy (non-hydrogen) atoms. The highest BCUT2D eigenvalue weighted by Gasteiger charge is 2.30. The van der Waals surface area contributed by atoms with Crippen LogP contribution < -0.4 is 0 Å². The highest BCUT2D eigenvalue weighted by molar-refractivity contribution is 7.10. The highest BCUT2D eigenvalue weighted by Crippen LogP contribution is 2.48. The molecule has 0 amide bonds. The maximum atomic E-state index is 2.31. The molecule has 1 fully saturated rings. The molecule has 2 heterocycles. The summed E-state index contributed by atoms with van der Waals surface area (Å²) < 4.78 is 0. The molecule has 0 bridgehead atoms. The van der Waals surface area contributed by atoms with Gasteiger partial charge in [-0.3, -0.25) is 0 Å². The Morgan fingerprint density at radius 3 is 1.80 bits per heavy atom. The Labute approximate surface area is 98.6 Å². The Morgan fingerprint density at radius 1 is 0.867 bits per heavy atom. The second-order valence-corrected chi connectivity index (χ2v) is 6.13. The molecular weight excluding hydrogens is 220 g/mol. The predicted molar refractivity (Wildman–Crippen MR) is 68.0 cm³/mol. The Balaban J connectivity index is 1.90. The van der Waals surface area contributed by atoms with Crippen molar-refractivity contribution in [3.8, 4) is 0 Å². The third kappa shape index (κ3) is 1.77. The Bertz CT molecular complexity index is 359. The van der Waals surface area contributed by atoms with E-state index in [2.05, 4.69) is 35.0 Å². The minimum absolute atomic E-state index is 0.795. The van der Waals surface area contributed by atoms with Gasteiger partial charge in [0.15, 0.2) is 0 Å². The van der Waals surface area contributed by atoms with E-state index in [0.29, 0.717) is 0 Å². The monoisotopic (exact) mass is 234 g/mol. The standard InChI is InChI=1S/C13H14S2/c1-4-10(12-6-2-8-14-12)11(5-1)13-7-3-9-15-13/h2-3,6-11H,1,4-5H2. The maximum Gasteiger partial charge on any atom is 0.00825 e. The molecule has 1 aliphatic rings. The fraction of sp³-hybridized carbons (Fsp3) is 0.385. The maximum absolute atomic E-state index is 2.31. The molecule has 0 saturated heterocycles. The van der Waals surface area contributed by atoms with Crippen LogP contribution in [0.25, 0.3) is 0 Å². The third-order valence-corrected chi connectivity index (χ3v) is 5.34. The van der Waals surface area contributed by atoms with Crippen LogP contribution in [0.15, 0.2) is 35.0 Å². The van der Waals surface area contributed by atoms with E-state index >= 15 is 0 Å². The molecule has 78 valence electrons. The Morgan fingerprint density at radius 2 is 1.40 bits per heavy atom. The average Bonchev–Trinajstić information content (AvgIpc) is 3.01. The minimum Gasteiger partial charge on any atom is -0.149 e. The SMILES string of the molecule is c1csc(C2CCCC2c2cccs2)c1. The Kier molecular flexibility index (Phi) is 2.63. The summed E-state index contributed by atoms with van der Waals surface area (Å²) in [6, 6.07) is 8.98. The molecular formula is C13H14S2. The predicted octanol–water partition coefficient (Wildman–Crippen LogP) is 4.86. The van der Waals surface area contributed by atoms with Crippen molar-refractivity contribution in [3.05, 3.63) is 44.8 Å². The summed E-state index contributed by atoms with van der Waals surface area (Å²) in [6.45, 7) is 0. The summed E-state index contributed by atoms with van der Waals surface area (Å²) in [4.78, 5) is 3.18. The van der Waals surface area contributed by atoms with Crippen LogP contribution >= 0.6 is 22.7 Å². The van der Waals surface area contributed by atoms with Crippen LogP contribution in [0.2, 0.25) is 0 Å². The van der Waals surface area contributed by atoms with Crippen molar-refractivity contribution < 1.29 is 0 Å². The first-order chi connectivity index (χ1) is 7.45. The van der Waals surface area contributed by atoms with Crippen LogP contribution in [0.1, 0.15) is 40.9 Å². The van der Waals surface area contributed by atoms with E-state index in [0.717, 1.165) is 11.8 Å². The first-order valence-corrected chi connectivity index (χ1v) is 7.28. The van der Waals surface area contributed by atoms with Gasteiger partial charge in [-0.1, -0.05) is 18.6 Å². The van der Waals surface area contributed by atoms with Crippen LogP contribution in [0.5, 0.6) is 0 Å². The van der Waals surface area contributed by atoms with Crippen LogP contribution in [-0.2, 0) is 0 Å². The molecule has 0 N–H and O–H groups in total. The number of thiophene rings is 2. The lowest BCUT2D eigenvalue weighted by Gasteiger charge is -2.16. The van der Waals surface area contributed by atoms with Crippen molar-refractivity contribution in [1.29, 1.82) is 0 Å². The largest absolute Gasteiger partial charge is 0.149 e. The normalized spacial score (nSPS) is 25.9. The van der Waals surface area contributed by atoms with Crippen LogP contribution in [0.3, 0.4) is 0 Å².